The van der Waals surface area contributed by atoms with Gasteiger partial charge in [0, 0.05) is 18.7 Å². The summed E-state index contributed by atoms with van der Waals surface area (Å²) < 4.78 is 4.91. The highest BCUT2D eigenvalue weighted by Crippen LogP contribution is 2.18. The minimum absolute atomic E-state index is 0.0568. The van der Waals surface area contributed by atoms with Crippen molar-refractivity contribution in [1.82, 2.24) is 10.1 Å². The summed E-state index contributed by atoms with van der Waals surface area (Å²) in [7, 11) is 0. The summed E-state index contributed by atoms with van der Waals surface area (Å²) in [4.78, 5) is 14.1. The van der Waals surface area contributed by atoms with Gasteiger partial charge in [0.25, 0.3) is 0 Å². The molecule has 2 rings (SSSR count). The molecule has 2 heterocycles. The smallest absolute Gasteiger partial charge is 0.239 e. The van der Waals surface area contributed by atoms with E-state index in [2.05, 4.69) is 15.4 Å². The molecule has 1 aromatic heterocycles. The van der Waals surface area contributed by atoms with Crippen molar-refractivity contribution in [2.45, 2.75) is 32.7 Å². The Bertz CT molecular complexity index is 430. The maximum atomic E-state index is 11.9. The number of rotatable bonds is 4. The Morgan fingerprint density at radius 1 is 1.74 bits per heavy atom. The zero-order valence-electron chi connectivity index (χ0n) is 11.6. The van der Waals surface area contributed by atoms with E-state index in [1.807, 2.05) is 6.92 Å². The normalized spacial score (nSPS) is 22.2. The van der Waals surface area contributed by atoms with Crippen LogP contribution in [0.3, 0.4) is 0 Å². The molecular weight excluding hydrogens is 244 g/mol. The molecule has 1 aliphatic heterocycles. The number of aromatic nitrogens is 1. The van der Waals surface area contributed by atoms with Crippen LogP contribution in [0.2, 0.25) is 0 Å². The summed E-state index contributed by atoms with van der Waals surface area (Å²) in [5, 5.41) is 6.48. The van der Waals surface area contributed by atoms with Gasteiger partial charge in [0.2, 0.25) is 5.91 Å². The average molecular weight is 266 g/mol. The lowest BCUT2D eigenvalue weighted by molar-refractivity contribution is -0.117. The van der Waals surface area contributed by atoms with E-state index in [1.54, 1.807) is 13.0 Å². The first-order valence-corrected chi connectivity index (χ1v) is 6.75. The third kappa shape index (κ3) is 4.04. The maximum Gasteiger partial charge on any atom is 0.239 e. The van der Waals surface area contributed by atoms with Gasteiger partial charge in [-0.2, -0.15) is 0 Å². The van der Waals surface area contributed by atoms with Crippen molar-refractivity contribution < 1.29 is 9.32 Å². The lowest BCUT2D eigenvalue weighted by Crippen LogP contribution is -2.45. The van der Waals surface area contributed by atoms with E-state index < -0.39 is 0 Å². The largest absolute Gasteiger partial charge is 0.360 e. The van der Waals surface area contributed by atoms with Gasteiger partial charge in [-0.05, 0) is 39.2 Å². The minimum atomic E-state index is -0.0568. The second-order valence-electron chi connectivity index (χ2n) is 5.37. The predicted octanol–water partition coefficient (Wildman–Crippen LogP) is 0.981. The fourth-order valence-corrected chi connectivity index (χ4v) is 2.47. The quantitative estimate of drug-likeness (QED) is 0.848. The molecule has 1 amide bonds. The van der Waals surface area contributed by atoms with Crippen molar-refractivity contribution in [2.75, 3.05) is 25.0 Å². The van der Waals surface area contributed by atoms with E-state index in [-0.39, 0.29) is 11.9 Å². The van der Waals surface area contributed by atoms with Crippen LogP contribution >= 0.6 is 0 Å². The molecule has 3 N–H and O–H groups in total. The van der Waals surface area contributed by atoms with E-state index in [4.69, 9.17) is 10.3 Å². The van der Waals surface area contributed by atoms with Gasteiger partial charge in [-0.3, -0.25) is 9.69 Å². The zero-order valence-corrected chi connectivity index (χ0v) is 11.6. The fraction of sp³-hybridized carbons (Fsp3) is 0.692. The van der Waals surface area contributed by atoms with Gasteiger partial charge in [-0.25, -0.2) is 0 Å². The molecule has 2 atom stereocenters. The molecule has 0 saturated carbocycles. The van der Waals surface area contributed by atoms with E-state index >= 15 is 0 Å². The average Bonchev–Trinajstić information content (AvgIpc) is 2.74. The highest BCUT2D eigenvalue weighted by molar-refractivity contribution is 5.91. The lowest BCUT2D eigenvalue weighted by Gasteiger charge is -2.34. The standard InChI is InChI=1S/C13H22N4O2/c1-9-6-12(16-19-9)15-13(18)8-17-5-3-4-11(7-17)10(2)14/h6,10-11H,3-5,7-8,14H2,1-2H3,(H,15,16,18). The van der Waals surface area contributed by atoms with Crippen LogP contribution in [0.5, 0.6) is 0 Å². The highest BCUT2D eigenvalue weighted by Gasteiger charge is 2.24. The first kappa shape index (κ1) is 14.0. The number of hydrogen-bond acceptors (Lipinski definition) is 5. The first-order chi connectivity index (χ1) is 9.04. The third-order valence-electron chi connectivity index (χ3n) is 3.55. The number of nitrogens with one attached hydrogen (secondary N) is 1. The van der Waals surface area contributed by atoms with Crippen molar-refractivity contribution in [1.29, 1.82) is 0 Å². The van der Waals surface area contributed by atoms with Crippen LogP contribution in [-0.4, -0.2) is 41.6 Å². The molecule has 0 radical (unpaired) electrons. The number of carbonyl (C=O) groups excluding carboxylic acids is 1. The number of piperidine rings is 1. The molecule has 0 aromatic carbocycles. The predicted molar refractivity (Wildman–Crippen MR) is 72.7 cm³/mol. The SMILES string of the molecule is Cc1cc(NC(=O)CN2CCCC(C(C)N)C2)no1. The molecule has 1 aromatic rings. The van der Waals surface area contributed by atoms with Gasteiger partial charge < -0.3 is 15.6 Å². The number of amides is 1. The molecule has 6 heteroatoms. The van der Waals surface area contributed by atoms with Crippen molar-refractivity contribution in [3.8, 4) is 0 Å². The van der Waals surface area contributed by atoms with Gasteiger partial charge in [-0.15, -0.1) is 0 Å². The Hall–Kier alpha value is -1.40. The van der Waals surface area contributed by atoms with Crippen LogP contribution in [0.15, 0.2) is 10.6 Å². The van der Waals surface area contributed by atoms with Crippen molar-refractivity contribution in [2.24, 2.45) is 11.7 Å². The van der Waals surface area contributed by atoms with Gasteiger partial charge >= 0.3 is 0 Å². The molecule has 1 fully saturated rings. The van der Waals surface area contributed by atoms with E-state index in [9.17, 15) is 4.79 Å². The molecule has 0 spiro atoms. The molecule has 1 saturated heterocycles. The lowest BCUT2D eigenvalue weighted by atomic mass is 9.92. The Morgan fingerprint density at radius 2 is 2.53 bits per heavy atom. The fourth-order valence-electron chi connectivity index (χ4n) is 2.47. The van der Waals surface area contributed by atoms with Gasteiger partial charge in [0.15, 0.2) is 5.82 Å². The van der Waals surface area contributed by atoms with E-state index in [1.165, 1.54) is 0 Å². The molecule has 19 heavy (non-hydrogen) atoms. The van der Waals surface area contributed by atoms with Crippen LogP contribution in [0, 0.1) is 12.8 Å². The molecule has 1 aliphatic rings. The maximum absolute atomic E-state index is 11.9. The van der Waals surface area contributed by atoms with Crippen LogP contribution in [0.1, 0.15) is 25.5 Å². The molecule has 0 bridgehead atoms. The number of likely N-dealkylation sites (tertiary alicyclic amines) is 1. The minimum Gasteiger partial charge on any atom is -0.360 e. The van der Waals surface area contributed by atoms with Crippen LogP contribution in [-0.2, 0) is 4.79 Å². The summed E-state index contributed by atoms with van der Waals surface area (Å²) >= 11 is 0. The Labute approximate surface area is 113 Å². The highest BCUT2D eigenvalue weighted by atomic mass is 16.5. The Morgan fingerprint density at radius 3 is 3.16 bits per heavy atom. The summed E-state index contributed by atoms with van der Waals surface area (Å²) in [6.45, 7) is 6.06. The number of hydrogen-bond donors (Lipinski definition) is 2. The zero-order chi connectivity index (χ0) is 13.8. The topological polar surface area (TPSA) is 84.4 Å². The Balaban J connectivity index is 1.81. The molecule has 0 aliphatic carbocycles. The summed E-state index contributed by atoms with van der Waals surface area (Å²) in [5.74, 6) is 1.59. The number of anilines is 1. The Kier molecular flexibility index (Phi) is 4.55. The first-order valence-electron chi connectivity index (χ1n) is 6.75. The van der Waals surface area contributed by atoms with Crippen LogP contribution in [0.4, 0.5) is 5.82 Å². The molecule has 106 valence electrons. The second-order valence-corrected chi connectivity index (χ2v) is 5.37. The van der Waals surface area contributed by atoms with Gasteiger partial charge in [-0.1, -0.05) is 5.16 Å². The van der Waals surface area contributed by atoms with E-state index in [0.29, 0.717) is 24.0 Å². The van der Waals surface area contributed by atoms with Crippen molar-refractivity contribution in [3.63, 3.8) is 0 Å². The van der Waals surface area contributed by atoms with Gasteiger partial charge in [0.05, 0.1) is 6.54 Å². The van der Waals surface area contributed by atoms with Crippen LogP contribution in [0.25, 0.3) is 0 Å². The monoisotopic (exact) mass is 266 g/mol. The van der Waals surface area contributed by atoms with Crippen LogP contribution < -0.4 is 11.1 Å². The number of nitrogens with two attached hydrogens (primary N) is 1. The molecule has 2 unspecified atom stereocenters. The summed E-state index contributed by atoms with van der Waals surface area (Å²) in [6, 6.07) is 1.89. The molecular formula is C13H22N4O2. The summed E-state index contributed by atoms with van der Waals surface area (Å²) in [5.41, 5.74) is 5.94. The van der Waals surface area contributed by atoms with Crippen molar-refractivity contribution in [3.05, 3.63) is 11.8 Å². The third-order valence-corrected chi connectivity index (χ3v) is 3.55. The molecule has 6 nitrogen and oxygen atoms in total. The number of aryl methyl sites for hydroxylation is 1. The number of carbonyl (C=O) groups is 1. The van der Waals surface area contributed by atoms with Gasteiger partial charge in [0.1, 0.15) is 5.76 Å². The van der Waals surface area contributed by atoms with E-state index in [0.717, 1.165) is 25.9 Å². The summed E-state index contributed by atoms with van der Waals surface area (Å²) in [6.07, 6.45) is 2.25. The number of nitrogens with zero attached hydrogens (tertiary/aromatic N) is 2. The van der Waals surface area contributed by atoms with Crippen molar-refractivity contribution >= 4 is 11.7 Å². The second kappa shape index (κ2) is 6.16.